The second kappa shape index (κ2) is 6.07. The molecule has 0 saturated heterocycles. The normalized spacial score (nSPS) is 16.6. The molecule has 2 rings (SSSR count). The van der Waals surface area contributed by atoms with Crippen molar-refractivity contribution in [1.29, 1.82) is 0 Å². The lowest BCUT2D eigenvalue weighted by molar-refractivity contribution is 0.313. The molecule has 1 fully saturated rings. The van der Waals surface area contributed by atoms with Crippen molar-refractivity contribution >= 4 is 15.9 Å². The molecule has 3 heteroatoms. The molecule has 0 atom stereocenters. The zero-order valence-corrected chi connectivity index (χ0v) is 12.8. The van der Waals surface area contributed by atoms with Gasteiger partial charge in [0.1, 0.15) is 5.75 Å². The number of ether oxygens (including phenoxy) is 1. The van der Waals surface area contributed by atoms with E-state index in [2.05, 4.69) is 47.2 Å². The topological polar surface area (TPSA) is 21.3 Å². The Hall–Kier alpha value is -0.540. The van der Waals surface area contributed by atoms with E-state index in [0.717, 1.165) is 36.3 Å². The van der Waals surface area contributed by atoms with Gasteiger partial charge in [-0.2, -0.15) is 0 Å². The van der Waals surface area contributed by atoms with E-state index in [0.29, 0.717) is 5.41 Å². The van der Waals surface area contributed by atoms with E-state index >= 15 is 0 Å². The summed E-state index contributed by atoms with van der Waals surface area (Å²) in [5, 5.41) is 3.55. The summed E-state index contributed by atoms with van der Waals surface area (Å²) in [6, 6.07) is 6.24. The van der Waals surface area contributed by atoms with Gasteiger partial charge in [-0.25, -0.2) is 0 Å². The summed E-state index contributed by atoms with van der Waals surface area (Å²) in [6.07, 6.45) is 3.76. The molecular formula is C15H22BrNO. The average molecular weight is 312 g/mol. The lowest BCUT2D eigenvalue weighted by atomic mass is 10.1. The molecule has 0 radical (unpaired) electrons. The van der Waals surface area contributed by atoms with E-state index in [1.807, 2.05) is 6.07 Å². The smallest absolute Gasteiger partial charge is 0.123 e. The van der Waals surface area contributed by atoms with Gasteiger partial charge < -0.3 is 10.1 Å². The Morgan fingerprint density at radius 1 is 1.39 bits per heavy atom. The molecule has 1 aromatic carbocycles. The molecule has 0 spiro atoms. The fraction of sp³-hybridized carbons (Fsp3) is 0.600. The van der Waals surface area contributed by atoms with Crippen molar-refractivity contribution in [2.45, 2.75) is 39.7 Å². The van der Waals surface area contributed by atoms with Crippen molar-refractivity contribution in [2.75, 3.05) is 13.2 Å². The van der Waals surface area contributed by atoms with Gasteiger partial charge in [0.2, 0.25) is 0 Å². The standard InChI is InChI=1S/C15H22BrNO/c1-3-8-18-14-5-4-13(16)9-12(14)10-17-11-15(2)6-7-15/h4-5,9,17H,3,6-8,10-11H2,1-2H3. The number of hydrogen-bond acceptors (Lipinski definition) is 2. The molecule has 1 aliphatic carbocycles. The molecule has 1 saturated carbocycles. The minimum absolute atomic E-state index is 0.552. The molecule has 0 amide bonds. The zero-order chi connectivity index (χ0) is 13.0. The van der Waals surface area contributed by atoms with Crippen molar-refractivity contribution < 1.29 is 4.74 Å². The highest BCUT2D eigenvalue weighted by molar-refractivity contribution is 9.10. The quantitative estimate of drug-likeness (QED) is 0.817. The van der Waals surface area contributed by atoms with Crippen LogP contribution in [0.15, 0.2) is 22.7 Å². The van der Waals surface area contributed by atoms with Gasteiger partial charge >= 0.3 is 0 Å². The number of halogens is 1. The summed E-state index contributed by atoms with van der Waals surface area (Å²) >= 11 is 3.52. The summed E-state index contributed by atoms with van der Waals surface area (Å²) in [7, 11) is 0. The highest BCUT2D eigenvalue weighted by Gasteiger charge is 2.36. The van der Waals surface area contributed by atoms with Crippen molar-refractivity contribution in [2.24, 2.45) is 5.41 Å². The Labute approximate surface area is 118 Å². The fourth-order valence-corrected chi connectivity index (χ4v) is 2.34. The first-order valence-electron chi connectivity index (χ1n) is 6.75. The van der Waals surface area contributed by atoms with Gasteiger partial charge in [0.05, 0.1) is 6.61 Å². The number of benzene rings is 1. The van der Waals surface area contributed by atoms with Crippen LogP contribution in [0, 0.1) is 5.41 Å². The molecule has 0 aliphatic heterocycles. The first-order valence-corrected chi connectivity index (χ1v) is 7.54. The van der Waals surface area contributed by atoms with Gasteiger partial charge in [0.15, 0.2) is 0 Å². The highest BCUT2D eigenvalue weighted by atomic mass is 79.9. The summed E-state index contributed by atoms with van der Waals surface area (Å²) in [4.78, 5) is 0. The second-order valence-corrected chi connectivity index (χ2v) is 6.43. The third-order valence-electron chi connectivity index (χ3n) is 3.46. The van der Waals surface area contributed by atoms with Crippen molar-refractivity contribution in [3.63, 3.8) is 0 Å². The Morgan fingerprint density at radius 2 is 2.17 bits per heavy atom. The molecule has 1 aromatic rings. The minimum atomic E-state index is 0.552. The van der Waals surface area contributed by atoms with Crippen LogP contribution in [0.1, 0.15) is 38.7 Å². The van der Waals surface area contributed by atoms with Crippen LogP contribution in [-0.4, -0.2) is 13.2 Å². The third-order valence-corrected chi connectivity index (χ3v) is 3.95. The minimum Gasteiger partial charge on any atom is -0.493 e. The summed E-state index contributed by atoms with van der Waals surface area (Å²) in [6.45, 7) is 7.24. The van der Waals surface area contributed by atoms with Crippen LogP contribution < -0.4 is 10.1 Å². The molecule has 2 nitrogen and oxygen atoms in total. The maximum atomic E-state index is 5.78. The van der Waals surface area contributed by atoms with Crippen LogP contribution in [0.5, 0.6) is 5.75 Å². The van der Waals surface area contributed by atoms with Crippen molar-refractivity contribution in [1.82, 2.24) is 5.32 Å². The Bertz CT molecular complexity index is 401. The van der Waals surface area contributed by atoms with Crippen LogP contribution in [0.2, 0.25) is 0 Å². The van der Waals surface area contributed by atoms with E-state index < -0.39 is 0 Å². The molecule has 0 bridgehead atoms. The van der Waals surface area contributed by atoms with Gasteiger partial charge in [-0.15, -0.1) is 0 Å². The van der Waals surface area contributed by atoms with Crippen molar-refractivity contribution in [3.05, 3.63) is 28.2 Å². The van der Waals surface area contributed by atoms with Crippen LogP contribution in [0.4, 0.5) is 0 Å². The maximum absolute atomic E-state index is 5.78. The number of rotatable bonds is 7. The van der Waals surface area contributed by atoms with Gasteiger partial charge in [0.25, 0.3) is 0 Å². The molecule has 1 aliphatic rings. The molecule has 0 aromatic heterocycles. The van der Waals surface area contributed by atoms with Crippen LogP contribution >= 0.6 is 15.9 Å². The summed E-state index contributed by atoms with van der Waals surface area (Å²) < 4.78 is 6.89. The number of nitrogens with one attached hydrogen (secondary N) is 1. The first-order chi connectivity index (χ1) is 8.63. The third kappa shape index (κ3) is 3.99. The van der Waals surface area contributed by atoms with E-state index in [1.54, 1.807) is 0 Å². The molecule has 100 valence electrons. The lowest BCUT2D eigenvalue weighted by Gasteiger charge is -2.14. The molecule has 18 heavy (non-hydrogen) atoms. The second-order valence-electron chi connectivity index (χ2n) is 5.51. The van der Waals surface area contributed by atoms with Gasteiger partial charge in [-0.3, -0.25) is 0 Å². The molecular weight excluding hydrogens is 290 g/mol. The van der Waals surface area contributed by atoms with Crippen LogP contribution in [0.3, 0.4) is 0 Å². The highest BCUT2D eigenvalue weighted by Crippen LogP contribution is 2.44. The molecule has 0 heterocycles. The average Bonchev–Trinajstić information content (AvgIpc) is 3.06. The van der Waals surface area contributed by atoms with E-state index in [9.17, 15) is 0 Å². The SMILES string of the molecule is CCCOc1ccc(Br)cc1CNCC1(C)CC1. The van der Waals surface area contributed by atoms with E-state index in [-0.39, 0.29) is 0 Å². The Kier molecular flexibility index (Phi) is 4.68. The largest absolute Gasteiger partial charge is 0.493 e. The van der Waals surface area contributed by atoms with E-state index in [4.69, 9.17) is 4.74 Å². The molecule has 0 unspecified atom stereocenters. The lowest BCUT2D eigenvalue weighted by Crippen LogP contribution is -2.21. The van der Waals surface area contributed by atoms with Gasteiger partial charge in [-0.1, -0.05) is 29.8 Å². The summed E-state index contributed by atoms with van der Waals surface area (Å²) in [5.74, 6) is 1.01. The Morgan fingerprint density at radius 3 is 2.83 bits per heavy atom. The monoisotopic (exact) mass is 311 g/mol. The summed E-state index contributed by atoms with van der Waals surface area (Å²) in [5.41, 5.74) is 1.79. The van der Waals surface area contributed by atoms with E-state index in [1.165, 1.54) is 18.4 Å². The number of hydrogen-bond donors (Lipinski definition) is 1. The van der Waals surface area contributed by atoms with Crippen molar-refractivity contribution in [3.8, 4) is 5.75 Å². The van der Waals surface area contributed by atoms with Crippen LogP contribution in [0.25, 0.3) is 0 Å². The molecule has 1 N–H and O–H groups in total. The van der Waals surface area contributed by atoms with Crippen LogP contribution in [-0.2, 0) is 6.54 Å². The van der Waals surface area contributed by atoms with Gasteiger partial charge in [0, 0.05) is 23.1 Å². The maximum Gasteiger partial charge on any atom is 0.123 e. The fourth-order valence-electron chi connectivity index (χ4n) is 1.93. The van der Waals surface area contributed by atoms with Gasteiger partial charge in [-0.05, 0) is 42.9 Å². The Balaban J connectivity index is 1.93. The zero-order valence-electron chi connectivity index (χ0n) is 11.3. The predicted octanol–water partition coefficient (Wildman–Crippen LogP) is 4.13. The predicted molar refractivity (Wildman–Crippen MR) is 79.0 cm³/mol. The first kappa shape index (κ1) is 13.9.